The highest BCUT2D eigenvalue weighted by atomic mass is 79.9. The molecule has 0 saturated carbocycles. The van der Waals surface area contributed by atoms with Crippen molar-refractivity contribution in [1.82, 2.24) is 4.83 Å². The summed E-state index contributed by atoms with van der Waals surface area (Å²) in [6.45, 7) is 0. The molecule has 2 aromatic rings. The van der Waals surface area contributed by atoms with Crippen LogP contribution in [-0.2, 0) is 21.2 Å². The first-order chi connectivity index (χ1) is 10.9. The Labute approximate surface area is 142 Å². The van der Waals surface area contributed by atoms with E-state index in [1.807, 2.05) is 0 Å². The van der Waals surface area contributed by atoms with Crippen LogP contribution in [-0.4, -0.2) is 21.4 Å². The Hall–Kier alpha value is -1.90. The first-order valence-electron chi connectivity index (χ1n) is 6.80. The standard InChI is InChI=1S/C15H14BrN3O3S/c1-19-14-7-6-13(8-10(14)9-15(19)20)23(21,22)18-17-12-4-2-11(16)3-5-12/h2-8,17-18H,9H2,1H3. The van der Waals surface area contributed by atoms with Crippen LogP contribution in [0.5, 0.6) is 0 Å². The number of hydrogen-bond donors (Lipinski definition) is 2. The predicted octanol–water partition coefficient (Wildman–Crippen LogP) is 2.27. The van der Waals surface area contributed by atoms with Gasteiger partial charge in [0.1, 0.15) is 0 Å². The van der Waals surface area contributed by atoms with Gasteiger partial charge in [-0.3, -0.25) is 4.79 Å². The molecule has 1 heterocycles. The zero-order valence-electron chi connectivity index (χ0n) is 12.2. The van der Waals surface area contributed by atoms with E-state index >= 15 is 0 Å². The SMILES string of the molecule is CN1C(=O)Cc2cc(S(=O)(=O)NNc3ccc(Br)cc3)ccc21. The van der Waals surface area contributed by atoms with Crippen LogP contribution in [0.15, 0.2) is 51.8 Å². The van der Waals surface area contributed by atoms with Crippen molar-refractivity contribution in [3.8, 4) is 0 Å². The molecule has 8 heteroatoms. The number of halogens is 1. The minimum absolute atomic E-state index is 0.0458. The van der Waals surface area contributed by atoms with Gasteiger partial charge in [0.15, 0.2) is 0 Å². The lowest BCUT2D eigenvalue weighted by Crippen LogP contribution is -2.29. The van der Waals surface area contributed by atoms with Crippen LogP contribution in [0.1, 0.15) is 5.56 Å². The van der Waals surface area contributed by atoms with Crippen LogP contribution in [0.25, 0.3) is 0 Å². The summed E-state index contributed by atoms with van der Waals surface area (Å²) >= 11 is 3.31. The number of anilines is 2. The van der Waals surface area contributed by atoms with Gasteiger partial charge in [0.25, 0.3) is 10.0 Å². The summed E-state index contributed by atoms with van der Waals surface area (Å²) in [5, 5.41) is 0. The number of hydrazine groups is 1. The molecule has 23 heavy (non-hydrogen) atoms. The van der Waals surface area contributed by atoms with Gasteiger partial charge >= 0.3 is 0 Å². The lowest BCUT2D eigenvalue weighted by molar-refractivity contribution is -0.117. The number of carbonyl (C=O) groups excluding carboxylic acids is 1. The van der Waals surface area contributed by atoms with Crippen LogP contribution in [0.4, 0.5) is 11.4 Å². The summed E-state index contributed by atoms with van der Waals surface area (Å²) in [5.74, 6) is -0.0458. The molecule has 120 valence electrons. The molecular formula is C15H14BrN3O3S. The summed E-state index contributed by atoms with van der Waals surface area (Å²) in [7, 11) is -2.05. The molecule has 2 aromatic carbocycles. The van der Waals surface area contributed by atoms with Gasteiger partial charge < -0.3 is 10.3 Å². The summed E-state index contributed by atoms with van der Waals surface area (Å²) in [4.78, 5) is 15.6. The summed E-state index contributed by atoms with van der Waals surface area (Å²) in [6, 6.07) is 11.7. The minimum atomic E-state index is -3.73. The van der Waals surface area contributed by atoms with Crippen molar-refractivity contribution in [2.45, 2.75) is 11.3 Å². The number of likely N-dealkylation sites (N-methyl/N-ethyl adjacent to an activating group) is 1. The maximum absolute atomic E-state index is 12.4. The minimum Gasteiger partial charge on any atom is -0.315 e. The molecule has 0 radical (unpaired) electrons. The monoisotopic (exact) mass is 395 g/mol. The summed E-state index contributed by atoms with van der Waals surface area (Å²) in [6.07, 6.45) is 0.218. The number of sulfonamides is 1. The van der Waals surface area contributed by atoms with E-state index in [0.717, 1.165) is 10.2 Å². The van der Waals surface area contributed by atoms with Gasteiger partial charge in [-0.05, 0) is 48.0 Å². The van der Waals surface area contributed by atoms with Gasteiger partial charge in [-0.2, -0.15) is 0 Å². The van der Waals surface area contributed by atoms with Crippen LogP contribution >= 0.6 is 15.9 Å². The number of carbonyl (C=O) groups is 1. The number of nitrogens with zero attached hydrogens (tertiary/aromatic N) is 1. The molecule has 0 aromatic heterocycles. The van der Waals surface area contributed by atoms with Crippen molar-refractivity contribution in [1.29, 1.82) is 0 Å². The van der Waals surface area contributed by atoms with Crippen LogP contribution < -0.4 is 15.2 Å². The van der Waals surface area contributed by atoms with E-state index < -0.39 is 10.0 Å². The first kappa shape index (κ1) is 16.0. The predicted molar refractivity (Wildman–Crippen MR) is 91.6 cm³/mol. The Morgan fingerprint density at radius 3 is 2.52 bits per heavy atom. The number of nitrogens with one attached hydrogen (secondary N) is 2. The Bertz CT molecular complexity index is 866. The van der Waals surface area contributed by atoms with Gasteiger partial charge in [0, 0.05) is 22.9 Å². The van der Waals surface area contributed by atoms with Gasteiger partial charge in [-0.1, -0.05) is 15.9 Å². The van der Waals surface area contributed by atoms with Crippen LogP contribution in [0.3, 0.4) is 0 Å². The molecule has 1 aliphatic rings. The summed E-state index contributed by atoms with van der Waals surface area (Å²) in [5.41, 5.74) is 4.74. The van der Waals surface area contributed by atoms with Gasteiger partial charge in [-0.25, -0.2) is 8.42 Å². The molecule has 0 fully saturated rings. The quantitative estimate of drug-likeness (QED) is 0.778. The van der Waals surface area contributed by atoms with Crippen molar-refractivity contribution in [3.63, 3.8) is 0 Å². The third kappa shape index (κ3) is 3.24. The van der Waals surface area contributed by atoms with E-state index in [-0.39, 0.29) is 17.2 Å². The molecule has 0 atom stereocenters. The normalized spacial score (nSPS) is 14.0. The fourth-order valence-corrected chi connectivity index (χ4v) is 3.51. The Morgan fingerprint density at radius 1 is 1.13 bits per heavy atom. The molecule has 0 aliphatic carbocycles. The number of benzene rings is 2. The molecule has 1 amide bonds. The van der Waals surface area contributed by atoms with Crippen molar-refractivity contribution in [3.05, 3.63) is 52.5 Å². The largest absolute Gasteiger partial charge is 0.315 e. The molecule has 3 rings (SSSR count). The second-order valence-electron chi connectivity index (χ2n) is 5.16. The highest BCUT2D eigenvalue weighted by Gasteiger charge is 2.26. The first-order valence-corrected chi connectivity index (χ1v) is 9.07. The lowest BCUT2D eigenvalue weighted by Gasteiger charge is -2.12. The van der Waals surface area contributed by atoms with Crippen LogP contribution in [0, 0.1) is 0 Å². The number of amides is 1. The fourth-order valence-electron chi connectivity index (χ4n) is 2.33. The van der Waals surface area contributed by atoms with Crippen LogP contribution in [0.2, 0.25) is 0 Å². The van der Waals surface area contributed by atoms with E-state index in [2.05, 4.69) is 26.2 Å². The molecule has 2 N–H and O–H groups in total. The van der Waals surface area contributed by atoms with E-state index in [0.29, 0.717) is 11.3 Å². The van der Waals surface area contributed by atoms with Crippen molar-refractivity contribution in [2.75, 3.05) is 17.4 Å². The molecule has 0 spiro atoms. The van der Waals surface area contributed by atoms with Crippen molar-refractivity contribution in [2.24, 2.45) is 0 Å². The van der Waals surface area contributed by atoms with Gasteiger partial charge in [-0.15, -0.1) is 4.83 Å². The third-order valence-corrected chi connectivity index (χ3v) is 5.39. The average Bonchev–Trinajstić information content (AvgIpc) is 2.81. The topological polar surface area (TPSA) is 78.5 Å². The average molecular weight is 396 g/mol. The van der Waals surface area contributed by atoms with E-state index in [1.54, 1.807) is 37.4 Å². The van der Waals surface area contributed by atoms with E-state index in [1.165, 1.54) is 17.0 Å². The fraction of sp³-hybridized carbons (Fsp3) is 0.133. The van der Waals surface area contributed by atoms with Gasteiger partial charge in [0.2, 0.25) is 5.91 Å². The van der Waals surface area contributed by atoms with Gasteiger partial charge in [0.05, 0.1) is 11.3 Å². The molecule has 0 saturated heterocycles. The zero-order chi connectivity index (χ0) is 16.6. The zero-order valence-corrected chi connectivity index (χ0v) is 14.6. The number of hydrogen-bond acceptors (Lipinski definition) is 4. The maximum Gasteiger partial charge on any atom is 0.257 e. The Morgan fingerprint density at radius 2 is 1.83 bits per heavy atom. The van der Waals surface area contributed by atoms with E-state index in [4.69, 9.17) is 0 Å². The molecular weight excluding hydrogens is 382 g/mol. The molecule has 0 bridgehead atoms. The Balaban J connectivity index is 1.79. The molecule has 1 aliphatic heterocycles. The Kier molecular flexibility index (Phi) is 4.13. The summed E-state index contributed by atoms with van der Waals surface area (Å²) < 4.78 is 25.6. The maximum atomic E-state index is 12.4. The number of fused-ring (bicyclic) bond motifs is 1. The van der Waals surface area contributed by atoms with Crippen molar-refractivity contribution >= 4 is 43.2 Å². The number of rotatable bonds is 4. The smallest absolute Gasteiger partial charge is 0.257 e. The third-order valence-electron chi connectivity index (χ3n) is 3.61. The highest BCUT2D eigenvalue weighted by molar-refractivity contribution is 9.10. The van der Waals surface area contributed by atoms with Crippen molar-refractivity contribution < 1.29 is 13.2 Å². The molecule has 0 unspecified atom stereocenters. The van der Waals surface area contributed by atoms with E-state index in [9.17, 15) is 13.2 Å². The second kappa shape index (κ2) is 5.95. The molecule has 6 nitrogen and oxygen atoms in total. The highest BCUT2D eigenvalue weighted by Crippen LogP contribution is 2.29. The second-order valence-corrected chi connectivity index (χ2v) is 7.76. The lowest BCUT2D eigenvalue weighted by atomic mass is 10.2.